The molecule has 0 bridgehead atoms. The van der Waals surface area contributed by atoms with Crippen molar-refractivity contribution in [3.63, 3.8) is 0 Å². The van der Waals surface area contributed by atoms with Crippen molar-refractivity contribution in [3.05, 3.63) is 12.2 Å². The van der Waals surface area contributed by atoms with E-state index in [1.54, 1.807) is 0 Å². The van der Waals surface area contributed by atoms with Gasteiger partial charge in [0.25, 0.3) is 0 Å². The number of rotatable bonds is 1. The monoisotopic (exact) mass is 165 g/mol. The molecule has 0 atom stereocenters. The normalized spacial score (nSPS) is 19.8. The highest BCUT2D eigenvalue weighted by atomic mass is 15.3. The van der Waals surface area contributed by atoms with Crippen molar-refractivity contribution in [2.24, 2.45) is 0 Å². The van der Waals surface area contributed by atoms with Crippen LogP contribution in [0.3, 0.4) is 0 Å². The van der Waals surface area contributed by atoms with Gasteiger partial charge in [0.1, 0.15) is 12.2 Å². The molecule has 12 heavy (non-hydrogen) atoms. The highest BCUT2D eigenvalue weighted by molar-refractivity contribution is 4.86. The first-order valence-corrected chi connectivity index (χ1v) is 4.74. The van der Waals surface area contributed by atoms with Crippen LogP contribution in [-0.2, 0) is 0 Å². The molecule has 3 heteroatoms. The summed E-state index contributed by atoms with van der Waals surface area (Å²) in [7, 11) is 0. The lowest BCUT2D eigenvalue weighted by molar-refractivity contribution is 0.348. The summed E-state index contributed by atoms with van der Waals surface area (Å²) in [5.74, 6) is 1.06. The summed E-state index contributed by atoms with van der Waals surface area (Å²) in [5, 5.41) is 7.91. The van der Waals surface area contributed by atoms with Crippen molar-refractivity contribution < 1.29 is 0 Å². The highest BCUT2D eigenvalue weighted by Gasteiger charge is 2.16. The van der Waals surface area contributed by atoms with Gasteiger partial charge in [0.2, 0.25) is 0 Å². The molecule has 1 heterocycles. The van der Waals surface area contributed by atoms with E-state index >= 15 is 0 Å². The molecule has 0 radical (unpaired) electrons. The molecular weight excluding hydrogens is 150 g/mol. The van der Waals surface area contributed by atoms with Crippen molar-refractivity contribution in [2.75, 3.05) is 0 Å². The van der Waals surface area contributed by atoms with Crippen LogP contribution in [0.4, 0.5) is 0 Å². The van der Waals surface area contributed by atoms with E-state index in [1.165, 1.54) is 32.1 Å². The zero-order valence-electron chi connectivity index (χ0n) is 7.53. The maximum atomic E-state index is 4.00. The molecule has 1 aromatic rings. The minimum Gasteiger partial charge on any atom is -0.315 e. The van der Waals surface area contributed by atoms with E-state index in [1.807, 2.05) is 13.3 Å². The topological polar surface area (TPSA) is 30.7 Å². The van der Waals surface area contributed by atoms with E-state index in [0.717, 1.165) is 5.82 Å². The predicted molar refractivity (Wildman–Crippen MR) is 46.9 cm³/mol. The van der Waals surface area contributed by atoms with Crippen LogP contribution in [0.15, 0.2) is 6.33 Å². The van der Waals surface area contributed by atoms with Crippen LogP contribution in [0, 0.1) is 6.92 Å². The summed E-state index contributed by atoms with van der Waals surface area (Å²) in [5.41, 5.74) is 0. The molecule has 1 fully saturated rings. The molecule has 1 aliphatic carbocycles. The quantitative estimate of drug-likeness (QED) is 0.638. The molecule has 0 aliphatic heterocycles. The van der Waals surface area contributed by atoms with Crippen LogP contribution >= 0.6 is 0 Å². The van der Waals surface area contributed by atoms with E-state index in [2.05, 4.69) is 14.8 Å². The Morgan fingerprint density at radius 1 is 1.33 bits per heavy atom. The van der Waals surface area contributed by atoms with E-state index in [9.17, 15) is 0 Å². The lowest BCUT2D eigenvalue weighted by atomic mass is 9.95. The summed E-state index contributed by atoms with van der Waals surface area (Å²) in [6, 6.07) is 0.675. The van der Waals surface area contributed by atoms with Crippen LogP contribution in [0.2, 0.25) is 0 Å². The first kappa shape index (κ1) is 7.77. The average molecular weight is 165 g/mol. The molecule has 0 aromatic carbocycles. The van der Waals surface area contributed by atoms with Gasteiger partial charge in [0, 0.05) is 6.04 Å². The third kappa shape index (κ3) is 1.36. The largest absolute Gasteiger partial charge is 0.315 e. The lowest BCUT2D eigenvalue weighted by Gasteiger charge is -2.23. The molecule has 2 rings (SSSR count). The Kier molecular flexibility index (Phi) is 2.11. The fraction of sp³-hybridized carbons (Fsp3) is 0.778. The zero-order valence-corrected chi connectivity index (χ0v) is 7.53. The van der Waals surface area contributed by atoms with E-state index in [0.29, 0.717) is 6.04 Å². The first-order valence-electron chi connectivity index (χ1n) is 4.74. The van der Waals surface area contributed by atoms with Crippen molar-refractivity contribution in [2.45, 2.75) is 45.1 Å². The van der Waals surface area contributed by atoms with E-state index in [4.69, 9.17) is 0 Å². The van der Waals surface area contributed by atoms with Crippen molar-refractivity contribution >= 4 is 0 Å². The Labute approximate surface area is 72.8 Å². The van der Waals surface area contributed by atoms with Gasteiger partial charge in [-0.25, -0.2) is 0 Å². The standard InChI is InChI=1S/C9H15N3/c1-8-11-10-7-12(8)9-5-3-2-4-6-9/h7,9H,2-6H2,1H3. The first-order chi connectivity index (χ1) is 5.88. The molecule has 0 saturated heterocycles. The summed E-state index contributed by atoms with van der Waals surface area (Å²) in [6.07, 6.45) is 8.60. The molecule has 0 spiro atoms. The summed E-state index contributed by atoms with van der Waals surface area (Å²) < 4.78 is 2.22. The van der Waals surface area contributed by atoms with Crippen LogP contribution in [0.1, 0.15) is 44.0 Å². The van der Waals surface area contributed by atoms with Crippen molar-refractivity contribution in [1.29, 1.82) is 0 Å². The molecule has 66 valence electrons. The summed E-state index contributed by atoms with van der Waals surface area (Å²) in [4.78, 5) is 0. The second-order valence-corrected chi connectivity index (χ2v) is 3.58. The highest BCUT2D eigenvalue weighted by Crippen LogP contribution is 2.28. The number of hydrogen-bond acceptors (Lipinski definition) is 2. The van der Waals surface area contributed by atoms with Crippen LogP contribution < -0.4 is 0 Å². The van der Waals surface area contributed by atoms with Gasteiger partial charge in [-0.3, -0.25) is 0 Å². The van der Waals surface area contributed by atoms with Gasteiger partial charge < -0.3 is 4.57 Å². The maximum Gasteiger partial charge on any atom is 0.129 e. The van der Waals surface area contributed by atoms with Gasteiger partial charge >= 0.3 is 0 Å². The number of aromatic nitrogens is 3. The number of nitrogens with zero attached hydrogens (tertiary/aromatic N) is 3. The minimum atomic E-state index is 0.675. The van der Waals surface area contributed by atoms with Gasteiger partial charge in [0.05, 0.1) is 0 Å². The van der Waals surface area contributed by atoms with Gasteiger partial charge in [0.15, 0.2) is 0 Å². The second kappa shape index (κ2) is 3.25. The van der Waals surface area contributed by atoms with Gasteiger partial charge in [-0.05, 0) is 19.8 Å². The van der Waals surface area contributed by atoms with Gasteiger partial charge in [-0.2, -0.15) is 0 Å². The van der Waals surface area contributed by atoms with Crippen LogP contribution in [0.5, 0.6) is 0 Å². The van der Waals surface area contributed by atoms with Crippen molar-refractivity contribution in [1.82, 2.24) is 14.8 Å². The Balaban J connectivity index is 2.13. The lowest BCUT2D eigenvalue weighted by Crippen LogP contribution is -2.13. The Bertz CT molecular complexity index is 248. The third-order valence-electron chi connectivity index (χ3n) is 2.72. The summed E-state index contributed by atoms with van der Waals surface area (Å²) >= 11 is 0. The predicted octanol–water partition coefficient (Wildman–Crippen LogP) is 2.09. The molecule has 0 amide bonds. The van der Waals surface area contributed by atoms with E-state index in [-0.39, 0.29) is 0 Å². The number of aryl methyl sites for hydroxylation is 1. The fourth-order valence-corrected chi connectivity index (χ4v) is 2.02. The second-order valence-electron chi connectivity index (χ2n) is 3.58. The van der Waals surface area contributed by atoms with E-state index < -0.39 is 0 Å². The molecule has 0 unspecified atom stereocenters. The molecule has 0 N–H and O–H groups in total. The molecule has 3 nitrogen and oxygen atoms in total. The Morgan fingerprint density at radius 2 is 2.08 bits per heavy atom. The Hall–Kier alpha value is -0.860. The maximum absolute atomic E-state index is 4.00. The fourth-order valence-electron chi connectivity index (χ4n) is 2.02. The average Bonchev–Trinajstić information content (AvgIpc) is 2.53. The van der Waals surface area contributed by atoms with Gasteiger partial charge in [-0.1, -0.05) is 19.3 Å². The van der Waals surface area contributed by atoms with Crippen LogP contribution in [-0.4, -0.2) is 14.8 Å². The third-order valence-corrected chi connectivity index (χ3v) is 2.72. The number of hydrogen-bond donors (Lipinski definition) is 0. The van der Waals surface area contributed by atoms with Crippen LogP contribution in [0.25, 0.3) is 0 Å². The molecular formula is C9H15N3. The summed E-state index contributed by atoms with van der Waals surface area (Å²) in [6.45, 7) is 2.03. The molecule has 1 saturated carbocycles. The molecule has 1 aliphatic rings. The molecule has 1 aromatic heterocycles. The van der Waals surface area contributed by atoms with Gasteiger partial charge in [-0.15, -0.1) is 10.2 Å². The minimum absolute atomic E-state index is 0.675. The SMILES string of the molecule is Cc1nncn1C1CCCCC1. The zero-order chi connectivity index (χ0) is 8.39. The Morgan fingerprint density at radius 3 is 2.67 bits per heavy atom. The van der Waals surface area contributed by atoms with Crippen molar-refractivity contribution in [3.8, 4) is 0 Å². The smallest absolute Gasteiger partial charge is 0.129 e.